The molecule has 0 radical (unpaired) electrons. The first-order valence-electron chi connectivity index (χ1n) is 8.98. The van der Waals surface area contributed by atoms with Crippen LogP contribution in [0.5, 0.6) is 0 Å². The molecule has 3 saturated heterocycles. The molecule has 1 spiro atoms. The van der Waals surface area contributed by atoms with Gasteiger partial charge in [-0.1, -0.05) is 18.2 Å². The predicted molar refractivity (Wildman–Crippen MR) is 91.1 cm³/mol. The molecule has 3 aliphatic heterocycles. The summed E-state index contributed by atoms with van der Waals surface area (Å²) in [5.41, 5.74) is -0.265. The highest BCUT2D eigenvalue weighted by atomic mass is 16.6. The molecular weight excluding hydrogens is 336 g/mol. The number of ether oxygens (including phenoxy) is 2. The highest BCUT2D eigenvalue weighted by Gasteiger charge is 2.59. The first-order valence-corrected chi connectivity index (χ1v) is 8.98. The highest BCUT2D eigenvalue weighted by molar-refractivity contribution is 5.95. The molecule has 1 aromatic carbocycles. The Bertz CT molecular complexity index is 727. The standard InChI is InChI=1S/C19H22N2O5/c1-25-17(23)14-7-8-15-21(14)18(24)19(26-15)9-11-20(12-10-19)16(22)13-5-3-2-4-6-13/h2-6,14-15H,7-12H2,1H3/t14-,15?/m0/s1. The van der Waals surface area contributed by atoms with Crippen molar-refractivity contribution in [3.8, 4) is 0 Å². The fraction of sp³-hybridized carbons (Fsp3) is 0.526. The van der Waals surface area contributed by atoms with Crippen LogP contribution >= 0.6 is 0 Å². The van der Waals surface area contributed by atoms with Crippen molar-refractivity contribution in [1.82, 2.24) is 9.80 Å². The van der Waals surface area contributed by atoms with Crippen LogP contribution in [0.2, 0.25) is 0 Å². The fourth-order valence-electron chi connectivity index (χ4n) is 4.25. The third-order valence-electron chi connectivity index (χ3n) is 5.67. The van der Waals surface area contributed by atoms with Crippen LogP contribution in [0.1, 0.15) is 36.0 Å². The quantitative estimate of drug-likeness (QED) is 0.742. The Morgan fingerprint density at radius 2 is 1.85 bits per heavy atom. The molecule has 0 N–H and O–H groups in total. The van der Waals surface area contributed by atoms with Gasteiger partial charge in [-0.3, -0.25) is 9.59 Å². The van der Waals surface area contributed by atoms with Crippen LogP contribution in [-0.4, -0.2) is 65.7 Å². The molecule has 7 nitrogen and oxygen atoms in total. The number of benzene rings is 1. The fourth-order valence-corrected chi connectivity index (χ4v) is 4.25. The summed E-state index contributed by atoms with van der Waals surface area (Å²) in [6.45, 7) is 0.922. The molecule has 138 valence electrons. The van der Waals surface area contributed by atoms with E-state index in [2.05, 4.69) is 0 Å². The minimum atomic E-state index is -0.912. The number of likely N-dealkylation sites (tertiary alicyclic amines) is 1. The zero-order chi connectivity index (χ0) is 18.3. The van der Waals surface area contributed by atoms with Crippen molar-refractivity contribution in [3.05, 3.63) is 35.9 Å². The van der Waals surface area contributed by atoms with Gasteiger partial charge < -0.3 is 19.3 Å². The molecule has 3 heterocycles. The van der Waals surface area contributed by atoms with E-state index in [0.717, 1.165) is 0 Å². The summed E-state index contributed by atoms with van der Waals surface area (Å²) in [7, 11) is 1.33. The second-order valence-corrected chi connectivity index (χ2v) is 7.05. The molecule has 0 saturated carbocycles. The number of rotatable bonds is 2. The Kier molecular flexibility index (Phi) is 4.19. The topological polar surface area (TPSA) is 76.1 Å². The number of carbonyl (C=O) groups is 3. The van der Waals surface area contributed by atoms with E-state index in [0.29, 0.717) is 44.3 Å². The van der Waals surface area contributed by atoms with E-state index >= 15 is 0 Å². The van der Waals surface area contributed by atoms with Crippen molar-refractivity contribution in [2.45, 2.75) is 43.6 Å². The predicted octanol–water partition coefficient (Wildman–Crippen LogP) is 1.18. The first kappa shape index (κ1) is 17.0. The van der Waals surface area contributed by atoms with Crippen molar-refractivity contribution in [2.75, 3.05) is 20.2 Å². The van der Waals surface area contributed by atoms with Gasteiger partial charge in [-0.25, -0.2) is 4.79 Å². The summed E-state index contributed by atoms with van der Waals surface area (Å²) in [4.78, 5) is 40.9. The van der Waals surface area contributed by atoms with Crippen molar-refractivity contribution in [2.24, 2.45) is 0 Å². The van der Waals surface area contributed by atoms with Gasteiger partial charge in [0.1, 0.15) is 12.3 Å². The van der Waals surface area contributed by atoms with Gasteiger partial charge in [0, 0.05) is 31.5 Å². The maximum Gasteiger partial charge on any atom is 0.328 e. The lowest BCUT2D eigenvalue weighted by Crippen LogP contribution is -2.53. The van der Waals surface area contributed by atoms with Crippen molar-refractivity contribution < 1.29 is 23.9 Å². The minimum Gasteiger partial charge on any atom is -0.467 e. The van der Waals surface area contributed by atoms with E-state index in [9.17, 15) is 14.4 Å². The Hall–Kier alpha value is -2.41. The van der Waals surface area contributed by atoms with Gasteiger partial charge in [-0.05, 0) is 25.0 Å². The Morgan fingerprint density at radius 1 is 1.15 bits per heavy atom. The number of methoxy groups -OCH3 is 1. The van der Waals surface area contributed by atoms with Crippen LogP contribution in [-0.2, 0) is 19.1 Å². The van der Waals surface area contributed by atoms with Crippen LogP contribution in [0.25, 0.3) is 0 Å². The maximum absolute atomic E-state index is 13.0. The number of amides is 2. The third-order valence-corrected chi connectivity index (χ3v) is 5.67. The molecule has 1 unspecified atom stereocenters. The van der Waals surface area contributed by atoms with E-state index in [4.69, 9.17) is 9.47 Å². The summed E-state index contributed by atoms with van der Waals surface area (Å²) in [5.74, 6) is -0.556. The lowest BCUT2D eigenvalue weighted by atomic mass is 9.89. The number of carbonyl (C=O) groups excluding carboxylic acids is 3. The van der Waals surface area contributed by atoms with Gasteiger partial charge in [0.2, 0.25) is 0 Å². The van der Waals surface area contributed by atoms with Gasteiger partial charge in [0.15, 0.2) is 5.60 Å². The van der Waals surface area contributed by atoms with Crippen molar-refractivity contribution in [3.63, 3.8) is 0 Å². The first-order chi connectivity index (χ1) is 12.6. The van der Waals surface area contributed by atoms with Gasteiger partial charge in [0.25, 0.3) is 11.8 Å². The van der Waals surface area contributed by atoms with Crippen LogP contribution < -0.4 is 0 Å². The van der Waals surface area contributed by atoms with Gasteiger partial charge in [-0.15, -0.1) is 0 Å². The highest BCUT2D eigenvalue weighted by Crippen LogP contribution is 2.43. The third kappa shape index (κ3) is 2.58. The second kappa shape index (κ2) is 6.39. The smallest absolute Gasteiger partial charge is 0.328 e. The van der Waals surface area contributed by atoms with Crippen LogP contribution in [0.3, 0.4) is 0 Å². The molecule has 0 aromatic heterocycles. The van der Waals surface area contributed by atoms with Gasteiger partial charge in [-0.2, -0.15) is 0 Å². The number of nitrogens with zero attached hydrogens (tertiary/aromatic N) is 2. The molecule has 1 aromatic rings. The Labute approximate surface area is 151 Å². The van der Waals surface area contributed by atoms with Crippen LogP contribution in [0.15, 0.2) is 30.3 Å². The molecule has 3 fully saturated rings. The molecular formula is C19H22N2O5. The summed E-state index contributed by atoms with van der Waals surface area (Å²) in [6, 6.07) is 8.58. The minimum absolute atomic E-state index is 0.0289. The molecule has 2 amide bonds. The molecule has 7 heteroatoms. The molecule has 2 atom stereocenters. The average molecular weight is 358 g/mol. The normalized spacial score (nSPS) is 26.9. The largest absolute Gasteiger partial charge is 0.467 e. The molecule has 0 bridgehead atoms. The summed E-state index contributed by atoms with van der Waals surface area (Å²) in [6.07, 6.45) is 1.75. The maximum atomic E-state index is 13.0. The SMILES string of the molecule is COC(=O)[C@@H]1CCC2OC3(CCN(C(=O)c4ccccc4)CC3)C(=O)N21. The van der Waals surface area contributed by atoms with Crippen molar-refractivity contribution >= 4 is 17.8 Å². The van der Waals surface area contributed by atoms with E-state index in [1.54, 1.807) is 21.9 Å². The molecule has 0 aliphatic carbocycles. The van der Waals surface area contributed by atoms with Crippen LogP contribution in [0, 0.1) is 0 Å². The second-order valence-electron chi connectivity index (χ2n) is 7.05. The van der Waals surface area contributed by atoms with E-state index in [1.807, 2.05) is 18.2 Å². The number of hydrogen-bond donors (Lipinski definition) is 0. The van der Waals surface area contributed by atoms with Gasteiger partial charge >= 0.3 is 5.97 Å². The van der Waals surface area contributed by atoms with E-state index in [-0.39, 0.29) is 18.0 Å². The zero-order valence-electron chi connectivity index (χ0n) is 14.7. The zero-order valence-corrected chi connectivity index (χ0v) is 14.7. The average Bonchev–Trinajstić information content (AvgIpc) is 3.20. The molecule has 3 aliphatic rings. The molecule has 26 heavy (non-hydrogen) atoms. The monoisotopic (exact) mass is 358 g/mol. The summed E-state index contributed by atoms with van der Waals surface area (Å²) >= 11 is 0. The Morgan fingerprint density at radius 3 is 2.50 bits per heavy atom. The number of fused-ring (bicyclic) bond motifs is 1. The van der Waals surface area contributed by atoms with E-state index < -0.39 is 17.6 Å². The van der Waals surface area contributed by atoms with Crippen molar-refractivity contribution in [1.29, 1.82) is 0 Å². The summed E-state index contributed by atoms with van der Waals surface area (Å²) < 4.78 is 10.9. The number of hydrogen-bond acceptors (Lipinski definition) is 5. The van der Waals surface area contributed by atoms with Crippen LogP contribution in [0.4, 0.5) is 0 Å². The van der Waals surface area contributed by atoms with E-state index in [1.165, 1.54) is 7.11 Å². The lowest BCUT2D eigenvalue weighted by Gasteiger charge is -2.37. The Balaban J connectivity index is 1.45. The van der Waals surface area contributed by atoms with Gasteiger partial charge in [0.05, 0.1) is 7.11 Å². The number of piperidine rings is 1. The lowest BCUT2D eigenvalue weighted by molar-refractivity contribution is -0.152. The number of esters is 1. The molecule has 4 rings (SSSR count). The summed E-state index contributed by atoms with van der Waals surface area (Å²) in [5, 5.41) is 0.